The molecule has 4 heterocycles. The molecule has 4 aromatic heterocycles. The summed E-state index contributed by atoms with van der Waals surface area (Å²) < 4.78 is 7.29. The van der Waals surface area contributed by atoms with Gasteiger partial charge in [0.25, 0.3) is 5.89 Å². The number of hydrogen-bond donors (Lipinski definition) is 2. The summed E-state index contributed by atoms with van der Waals surface area (Å²) in [5.74, 6) is 1.24. The summed E-state index contributed by atoms with van der Waals surface area (Å²) in [5, 5.41) is 8.61. The Morgan fingerprint density at radius 1 is 1.27 bits per heavy atom. The molecule has 1 atom stereocenters. The van der Waals surface area contributed by atoms with E-state index in [9.17, 15) is 0 Å². The average Bonchev–Trinajstić information content (AvgIpc) is 3.46. The van der Waals surface area contributed by atoms with Gasteiger partial charge in [-0.1, -0.05) is 31.6 Å². The van der Waals surface area contributed by atoms with E-state index < -0.39 is 5.41 Å². The molecule has 0 aliphatic carbocycles. The Hall–Kier alpha value is -4.34. The topological polar surface area (TPSA) is 146 Å². The van der Waals surface area contributed by atoms with Crippen molar-refractivity contribution in [1.82, 2.24) is 29.7 Å². The van der Waals surface area contributed by atoms with Crippen LogP contribution in [-0.2, 0) is 5.41 Å². The highest BCUT2D eigenvalue weighted by molar-refractivity contribution is 6.09. The zero-order valence-electron chi connectivity index (χ0n) is 18.7. The first-order valence-corrected chi connectivity index (χ1v) is 10.3. The van der Waals surface area contributed by atoms with Crippen molar-refractivity contribution >= 4 is 17.4 Å². The summed E-state index contributed by atoms with van der Waals surface area (Å²) in [7, 11) is 0. The smallest absolute Gasteiger partial charge is 0.263 e. The molecular weight excluding hydrogens is 418 g/mol. The molecule has 0 radical (unpaired) electrons. The number of nitrogens with zero attached hydrogens (tertiary/aromatic N) is 7. The Morgan fingerprint density at radius 3 is 2.76 bits per heavy atom. The van der Waals surface area contributed by atoms with Crippen LogP contribution in [0.1, 0.15) is 37.9 Å². The van der Waals surface area contributed by atoms with Crippen LogP contribution in [0.3, 0.4) is 0 Å². The molecule has 0 aromatic carbocycles. The Bertz CT molecular complexity index is 1350. The number of pyridine rings is 1. The van der Waals surface area contributed by atoms with Crippen molar-refractivity contribution in [2.24, 2.45) is 22.4 Å². The van der Waals surface area contributed by atoms with Crippen LogP contribution >= 0.6 is 0 Å². The molecule has 0 aliphatic heterocycles. The number of fused-ring (bicyclic) bond motifs is 1. The summed E-state index contributed by atoms with van der Waals surface area (Å²) in [6.07, 6.45) is 9.92. The first-order chi connectivity index (χ1) is 15.8. The van der Waals surface area contributed by atoms with E-state index in [1.54, 1.807) is 29.2 Å². The second-order valence-corrected chi connectivity index (χ2v) is 8.03. The van der Waals surface area contributed by atoms with E-state index >= 15 is 0 Å². The van der Waals surface area contributed by atoms with E-state index in [1.165, 1.54) is 12.4 Å². The van der Waals surface area contributed by atoms with Gasteiger partial charge in [0.15, 0.2) is 11.5 Å². The Morgan fingerprint density at radius 2 is 2.09 bits per heavy atom. The van der Waals surface area contributed by atoms with Crippen LogP contribution in [0.15, 0.2) is 71.1 Å². The third-order valence-electron chi connectivity index (χ3n) is 5.76. The zero-order chi connectivity index (χ0) is 23.6. The van der Waals surface area contributed by atoms with Crippen molar-refractivity contribution in [3.8, 4) is 11.5 Å². The number of aromatic nitrogens is 6. The molecule has 10 nitrogen and oxygen atoms in total. The van der Waals surface area contributed by atoms with Crippen molar-refractivity contribution in [2.75, 3.05) is 0 Å². The lowest BCUT2D eigenvalue weighted by atomic mass is 9.73. The maximum Gasteiger partial charge on any atom is 0.263 e. The standard InChI is InChI=1S/C23H25N9O/c1-14(2)23(4,17-6-7-19(28-12-17)16(10-24)11-27-15(3)25)22-30-21(33-31-22)18-13-29-32-9-5-8-26-20(18)32/h5-14H,3,24-25H2,1-2,4H3/b16-10+,27-11-. The molecular formula is C23H25N9O. The van der Waals surface area contributed by atoms with E-state index in [0.717, 1.165) is 5.56 Å². The van der Waals surface area contributed by atoms with Crippen molar-refractivity contribution in [3.63, 3.8) is 0 Å². The summed E-state index contributed by atoms with van der Waals surface area (Å²) >= 11 is 0. The fourth-order valence-corrected chi connectivity index (χ4v) is 3.46. The summed E-state index contributed by atoms with van der Waals surface area (Å²) in [4.78, 5) is 17.7. The van der Waals surface area contributed by atoms with Gasteiger partial charge in [-0.25, -0.2) is 14.5 Å². The summed E-state index contributed by atoms with van der Waals surface area (Å²) in [5.41, 5.74) is 14.2. The monoisotopic (exact) mass is 443 g/mol. The molecule has 0 saturated carbocycles. The van der Waals surface area contributed by atoms with E-state index in [1.807, 2.05) is 18.3 Å². The van der Waals surface area contributed by atoms with Gasteiger partial charge in [0.05, 0.1) is 17.3 Å². The predicted molar refractivity (Wildman–Crippen MR) is 126 cm³/mol. The van der Waals surface area contributed by atoms with Gasteiger partial charge in [0, 0.05) is 36.6 Å². The minimum absolute atomic E-state index is 0.143. The highest BCUT2D eigenvalue weighted by atomic mass is 16.5. The molecule has 4 N–H and O–H groups in total. The molecule has 168 valence electrons. The first kappa shape index (κ1) is 21.9. The second-order valence-electron chi connectivity index (χ2n) is 8.03. The molecule has 33 heavy (non-hydrogen) atoms. The Labute approximate surface area is 190 Å². The summed E-state index contributed by atoms with van der Waals surface area (Å²) in [6, 6.07) is 5.65. The lowest BCUT2D eigenvalue weighted by molar-refractivity contribution is 0.350. The predicted octanol–water partition coefficient (Wildman–Crippen LogP) is 2.94. The Balaban J connectivity index is 1.70. The minimum atomic E-state index is -0.560. The fraction of sp³-hybridized carbons (Fsp3) is 0.217. The maximum atomic E-state index is 5.73. The van der Waals surface area contributed by atoms with E-state index in [0.29, 0.717) is 34.2 Å². The molecule has 0 aliphatic rings. The van der Waals surface area contributed by atoms with Gasteiger partial charge >= 0.3 is 0 Å². The number of aliphatic imine (C=N–C) groups is 1. The normalized spacial score (nSPS) is 14.2. The maximum absolute atomic E-state index is 5.73. The molecule has 0 amide bonds. The van der Waals surface area contributed by atoms with Crippen LogP contribution < -0.4 is 11.5 Å². The molecule has 1 unspecified atom stereocenters. The lowest BCUT2D eigenvalue weighted by Gasteiger charge is -2.30. The van der Waals surface area contributed by atoms with Crippen LogP contribution in [0.4, 0.5) is 0 Å². The van der Waals surface area contributed by atoms with Crippen LogP contribution in [0, 0.1) is 5.92 Å². The van der Waals surface area contributed by atoms with Gasteiger partial charge in [-0.05, 0) is 30.5 Å². The number of rotatable bonds is 7. The van der Waals surface area contributed by atoms with Crippen molar-refractivity contribution < 1.29 is 4.52 Å². The second kappa shape index (κ2) is 8.65. The largest absolute Gasteiger partial charge is 0.404 e. The third kappa shape index (κ3) is 3.98. The molecule has 4 aromatic rings. The van der Waals surface area contributed by atoms with Gasteiger partial charge in [-0.15, -0.1) is 0 Å². The zero-order valence-corrected chi connectivity index (χ0v) is 18.7. The third-order valence-corrected chi connectivity index (χ3v) is 5.76. The molecule has 10 heteroatoms. The molecule has 0 saturated heterocycles. The first-order valence-electron chi connectivity index (χ1n) is 10.3. The SMILES string of the molecule is C=C(N)/N=C\C(=C/N)c1ccc(C(C)(c2noc(-c3cnn4cccnc34)n2)C(C)C)cn1. The lowest BCUT2D eigenvalue weighted by Crippen LogP contribution is -2.31. The average molecular weight is 444 g/mol. The molecule has 0 spiro atoms. The fourth-order valence-electron chi connectivity index (χ4n) is 3.46. The van der Waals surface area contributed by atoms with Crippen LogP contribution in [0.2, 0.25) is 0 Å². The van der Waals surface area contributed by atoms with Gasteiger partial charge in [0.2, 0.25) is 0 Å². The molecule has 4 rings (SSSR count). The van der Waals surface area contributed by atoms with Crippen LogP contribution in [-0.4, -0.2) is 35.9 Å². The van der Waals surface area contributed by atoms with Gasteiger partial charge in [-0.2, -0.15) is 10.1 Å². The quantitative estimate of drug-likeness (QED) is 0.414. The van der Waals surface area contributed by atoms with E-state index in [2.05, 4.69) is 52.6 Å². The number of nitrogens with two attached hydrogens (primary N) is 2. The van der Waals surface area contributed by atoms with E-state index in [-0.39, 0.29) is 11.7 Å². The minimum Gasteiger partial charge on any atom is -0.404 e. The number of allylic oxidation sites excluding steroid dienone is 1. The van der Waals surface area contributed by atoms with Crippen molar-refractivity contribution in [2.45, 2.75) is 26.2 Å². The number of hydrogen-bond acceptors (Lipinski definition) is 9. The van der Waals surface area contributed by atoms with Gasteiger partial charge in [-0.3, -0.25) is 4.98 Å². The highest BCUT2D eigenvalue weighted by Gasteiger charge is 2.38. The molecule has 0 fully saturated rings. The Kier molecular flexibility index (Phi) is 5.74. The van der Waals surface area contributed by atoms with Crippen molar-refractivity contribution in [1.29, 1.82) is 0 Å². The highest BCUT2D eigenvalue weighted by Crippen LogP contribution is 2.38. The summed E-state index contributed by atoms with van der Waals surface area (Å²) in [6.45, 7) is 9.82. The van der Waals surface area contributed by atoms with E-state index in [4.69, 9.17) is 21.0 Å². The van der Waals surface area contributed by atoms with Gasteiger partial charge < -0.3 is 16.0 Å². The van der Waals surface area contributed by atoms with Gasteiger partial charge in [0.1, 0.15) is 11.4 Å². The van der Waals surface area contributed by atoms with Crippen molar-refractivity contribution in [3.05, 3.63) is 78.7 Å². The van der Waals surface area contributed by atoms with Crippen LogP contribution in [0.25, 0.3) is 22.7 Å². The molecule has 0 bridgehead atoms. The van der Waals surface area contributed by atoms with Crippen LogP contribution in [0.5, 0.6) is 0 Å².